The number of aliphatic hydroxyl groups is 1. The molecule has 2 N–H and O–H groups in total. The molecule has 0 fully saturated rings. The summed E-state index contributed by atoms with van der Waals surface area (Å²) in [5.74, 6) is -0.550. The number of aromatic nitrogens is 4. The van der Waals surface area contributed by atoms with E-state index in [0.29, 0.717) is 11.6 Å². The van der Waals surface area contributed by atoms with Crippen LogP contribution in [-0.2, 0) is 0 Å². The molecular weight excluding hydrogens is 328 g/mol. The highest BCUT2D eigenvalue weighted by Gasteiger charge is 2.14. The second kappa shape index (κ2) is 6.94. The molecule has 0 amide bonds. The molecule has 1 unspecified atom stereocenters. The summed E-state index contributed by atoms with van der Waals surface area (Å²) in [7, 11) is 0. The van der Waals surface area contributed by atoms with E-state index in [9.17, 15) is 13.9 Å². The third-order valence-electron chi connectivity index (χ3n) is 3.65. The summed E-state index contributed by atoms with van der Waals surface area (Å²) in [5, 5.41) is 17.3. The molecule has 6 nitrogen and oxygen atoms in total. The van der Waals surface area contributed by atoms with Gasteiger partial charge in [-0.3, -0.25) is 4.98 Å². The summed E-state index contributed by atoms with van der Waals surface area (Å²) in [4.78, 5) is 8.48. The summed E-state index contributed by atoms with van der Waals surface area (Å²) >= 11 is 0. The Kier molecular flexibility index (Phi) is 4.71. The van der Waals surface area contributed by atoms with Crippen molar-refractivity contribution in [3.8, 4) is 5.82 Å². The maximum atomic E-state index is 13.7. The number of benzene rings is 1. The molecule has 1 atom stereocenters. The van der Waals surface area contributed by atoms with Crippen LogP contribution in [0.3, 0.4) is 0 Å². The lowest BCUT2D eigenvalue weighted by Gasteiger charge is -2.14. The zero-order valence-electron chi connectivity index (χ0n) is 13.7. The van der Waals surface area contributed by atoms with Gasteiger partial charge in [-0.05, 0) is 26.0 Å². The first-order valence-corrected chi connectivity index (χ1v) is 7.66. The maximum Gasteiger partial charge on any atom is 0.174 e. The minimum atomic E-state index is -1.15. The maximum absolute atomic E-state index is 13.7. The Hall–Kier alpha value is -2.87. The van der Waals surface area contributed by atoms with Gasteiger partial charge in [-0.25, -0.2) is 18.4 Å². The highest BCUT2D eigenvalue weighted by atomic mass is 19.1. The lowest BCUT2D eigenvalue weighted by molar-refractivity contribution is 0.186. The van der Waals surface area contributed by atoms with Crippen LogP contribution in [-0.4, -0.2) is 31.4 Å². The molecule has 1 aromatic carbocycles. The smallest absolute Gasteiger partial charge is 0.174 e. The summed E-state index contributed by atoms with van der Waals surface area (Å²) in [6, 6.07) is 4.98. The van der Waals surface area contributed by atoms with E-state index >= 15 is 0 Å². The molecule has 0 spiro atoms. The zero-order valence-corrected chi connectivity index (χ0v) is 13.7. The molecule has 0 aliphatic carbocycles. The topological polar surface area (TPSA) is 75.9 Å². The Morgan fingerprint density at radius 3 is 2.68 bits per heavy atom. The second-order valence-corrected chi connectivity index (χ2v) is 5.66. The number of nitrogens with zero attached hydrogens (tertiary/aromatic N) is 4. The van der Waals surface area contributed by atoms with E-state index in [-0.39, 0.29) is 12.1 Å². The monoisotopic (exact) mass is 345 g/mol. The van der Waals surface area contributed by atoms with Crippen molar-refractivity contribution < 1.29 is 13.9 Å². The fraction of sp³-hybridized carbons (Fsp3) is 0.235. The average molecular weight is 345 g/mol. The van der Waals surface area contributed by atoms with Crippen LogP contribution in [0.4, 0.5) is 14.6 Å². The van der Waals surface area contributed by atoms with Crippen molar-refractivity contribution in [2.75, 3.05) is 11.9 Å². The molecule has 0 saturated carbocycles. The van der Waals surface area contributed by atoms with Crippen LogP contribution in [0, 0.1) is 25.5 Å². The van der Waals surface area contributed by atoms with Crippen molar-refractivity contribution in [1.29, 1.82) is 0 Å². The highest BCUT2D eigenvalue weighted by Crippen LogP contribution is 2.19. The van der Waals surface area contributed by atoms with Crippen molar-refractivity contribution >= 4 is 5.82 Å². The molecule has 3 rings (SSSR count). The van der Waals surface area contributed by atoms with Crippen LogP contribution in [0.1, 0.15) is 23.1 Å². The summed E-state index contributed by atoms with van der Waals surface area (Å²) in [6.07, 6.45) is 1.91. The Bertz CT molecular complexity index is 896. The number of anilines is 1. The predicted octanol–water partition coefficient (Wildman–Crippen LogP) is 2.70. The second-order valence-electron chi connectivity index (χ2n) is 5.66. The molecule has 0 aliphatic heterocycles. The number of hydrogen-bond acceptors (Lipinski definition) is 5. The Morgan fingerprint density at radius 2 is 2.00 bits per heavy atom. The van der Waals surface area contributed by atoms with Crippen molar-refractivity contribution in [3.63, 3.8) is 0 Å². The largest absolute Gasteiger partial charge is 0.386 e. The molecule has 2 aromatic heterocycles. The Balaban J connectivity index is 1.73. The molecular formula is C17H17F2N5O. The molecule has 0 radical (unpaired) electrons. The Morgan fingerprint density at radius 1 is 1.20 bits per heavy atom. The predicted molar refractivity (Wildman–Crippen MR) is 88.4 cm³/mol. The first-order chi connectivity index (χ1) is 11.9. The SMILES string of the molecule is Cc1cc(C)n(-c2cncc(NCC(O)c3ccc(F)cc3F)n2)n1. The summed E-state index contributed by atoms with van der Waals surface area (Å²) in [5.41, 5.74) is 1.79. The molecule has 25 heavy (non-hydrogen) atoms. The quantitative estimate of drug-likeness (QED) is 0.744. The van der Waals surface area contributed by atoms with Crippen molar-refractivity contribution in [3.05, 3.63) is 65.2 Å². The van der Waals surface area contributed by atoms with Gasteiger partial charge in [-0.2, -0.15) is 5.10 Å². The zero-order chi connectivity index (χ0) is 18.0. The average Bonchev–Trinajstić information content (AvgIpc) is 2.91. The third kappa shape index (κ3) is 3.80. The normalized spacial score (nSPS) is 12.2. The van der Waals surface area contributed by atoms with Crippen molar-refractivity contribution in [1.82, 2.24) is 19.7 Å². The minimum Gasteiger partial charge on any atom is -0.386 e. The standard InChI is InChI=1S/C17H17F2N5O/c1-10-5-11(2)24(23-10)17-9-20-8-16(22-17)21-7-15(25)13-4-3-12(18)6-14(13)19/h3-6,8-9,15,25H,7H2,1-2H3,(H,21,22). The van der Waals surface area contributed by atoms with E-state index in [0.717, 1.165) is 23.5 Å². The van der Waals surface area contributed by atoms with Gasteiger partial charge in [0.15, 0.2) is 5.82 Å². The molecule has 8 heteroatoms. The van der Waals surface area contributed by atoms with E-state index < -0.39 is 17.7 Å². The number of rotatable bonds is 5. The van der Waals surface area contributed by atoms with E-state index in [1.54, 1.807) is 10.9 Å². The van der Waals surface area contributed by atoms with Gasteiger partial charge in [0.05, 0.1) is 24.2 Å². The molecule has 2 heterocycles. The summed E-state index contributed by atoms with van der Waals surface area (Å²) in [6.45, 7) is 3.78. The highest BCUT2D eigenvalue weighted by molar-refractivity contribution is 5.37. The van der Waals surface area contributed by atoms with Crippen molar-refractivity contribution in [2.24, 2.45) is 0 Å². The Labute approximate surface area is 143 Å². The van der Waals surface area contributed by atoms with Gasteiger partial charge in [-0.15, -0.1) is 0 Å². The van der Waals surface area contributed by atoms with E-state index in [4.69, 9.17) is 0 Å². The minimum absolute atomic E-state index is 0.00218. The van der Waals surface area contributed by atoms with Gasteiger partial charge in [-0.1, -0.05) is 6.07 Å². The number of hydrogen-bond donors (Lipinski definition) is 2. The molecule has 0 bridgehead atoms. The van der Waals surface area contributed by atoms with Gasteiger partial charge < -0.3 is 10.4 Å². The van der Waals surface area contributed by atoms with E-state index in [2.05, 4.69) is 20.4 Å². The van der Waals surface area contributed by atoms with Crippen LogP contribution in [0.2, 0.25) is 0 Å². The fourth-order valence-corrected chi connectivity index (χ4v) is 2.49. The number of nitrogens with one attached hydrogen (secondary N) is 1. The van der Waals surface area contributed by atoms with Gasteiger partial charge in [0.1, 0.15) is 17.5 Å². The van der Waals surface area contributed by atoms with Crippen molar-refractivity contribution in [2.45, 2.75) is 20.0 Å². The number of halogens is 2. The van der Waals surface area contributed by atoms with Gasteiger partial charge in [0.2, 0.25) is 0 Å². The van der Waals surface area contributed by atoms with Crippen LogP contribution < -0.4 is 5.32 Å². The van der Waals surface area contributed by atoms with Gasteiger partial charge >= 0.3 is 0 Å². The summed E-state index contributed by atoms with van der Waals surface area (Å²) < 4.78 is 28.3. The molecule has 3 aromatic rings. The van der Waals surface area contributed by atoms with Gasteiger partial charge in [0.25, 0.3) is 0 Å². The molecule has 0 saturated heterocycles. The van der Waals surface area contributed by atoms with Crippen LogP contribution in [0.5, 0.6) is 0 Å². The number of aliphatic hydroxyl groups excluding tert-OH is 1. The molecule has 0 aliphatic rings. The fourth-order valence-electron chi connectivity index (χ4n) is 2.49. The first-order valence-electron chi connectivity index (χ1n) is 7.66. The van der Waals surface area contributed by atoms with Crippen LogP contribution in [0.15, 0.2) is 36.7 Å². The first kappa shape index (κ1) is 17.0. The van der Waals surface area contributed by atoms with E-state index in [1.165, 1.54) is 12.3 Å². The lowest BCUT2D eigenvalue weighted by Crippen LogP contribution is -2.15. The lowest BCUT2D eigenvalue weighted by atomic mass is 10.1. The molecule has 130 valence electrons. The van der Waals surface area contributed by atoms with Crippen LogP contribution in [0.25, 0.3) is 5.82 Å². The number of aryl methyl sites for hydroxylation is 2. The van der Waals surface area contributed by atoms with E-state index in [1.807, 2.05) is 19.9 Å². The third-order valence-corrected chi connectivity index (χ3v) is 3.65. The van der Waals surface area contributed by atoms with Gasteiger partial charge in [0, 0.05) is 23.9 Å². The van der Waals surface area contributed by atoms with Crippen LogP contribution >= 0.6 is 0 Å².